The largest absolute Gasteiger partial charge is 0.335 e. The molecule has 0 aliphatic carbocycles. The summed E-state index contributed by atoms with van der Waals surface area (Å²) in [4.78, 5) is 15.7. The van der Waals surface area contributed by atoms with Crippen LogP contribution in [0.3, 0.4) is 0 Å². The quantitative estimate of drug-likeness (QED) is 0.776. The van der Waals surface area contributed by atoms with E-state index in [1.165, 1.54) is 12.1 Å². The Hall–Kier alpha value is -1.88. The zero-order chi connectivity index (χ0) is 15.0. The van der Waals surface area contributed by atoms with Crippen LogP contribution in [0.15, 0.2) is 36.9 Å². The Bertz CT molecular complexity index is 448. The summed E-state index contributed by atoms with van der Waals surface area (Å²) in [6.07, 6.45) is 1.63. The molecule has 0 unspecified atom stereocenters. The smallest absolute Gasteiger partial charge is 0.317 e. The van der Waals surface area contributed by atoms with Gasteiger partial charge in [-0.15, -0.1) is 6.58 Å². The molecule has 1 rings (SSSR count). The number of hydrogen-bond donors (Lipinski definition) is 1. The van der Waals surface area contributed by atoms with Gasteiger partial charge in [-0.25, -0.2) is 9.18 Å². The van der Waals surface area contributed by atoms with Crippen molar-refractivity contribution in [2.75, 3.05) is 33.7 Å². The molecular weight excluding hydrogens is 257 g/mol. The van der Waals surface area contributed by atoms with Crippen molar-refractivity contribution in [2.45, 2.75) is 6.54 Å². The molecule has 0 aromatic heterocycles. The molecular formula is C15H22FN3O. The predicted molar refractivity (Wildman–Crippen MR) is 79.0 cm³/mol. The van der Waals surface area contributed by atoms with Gasteiger partial charge >= 0.3 is 6.03 Å². The van der Waals surface area contributed by atoms with Crippen molar-refractivity contribution >= 4 is 6.03 Å². The summed E-state index contributed by atoms with van der Waals surface area (Å²) in [6, 6.07) is 6.13. The molecule has 1 N–H and O–H groups in total. The summed E-state index contributed by atoms with van der Waals surface area (Å²) >= 11 is 0. The van der Waals surface area contributed by atoms with E-state index >= 15 is 0 Å². The van der Waals surface area contributed by atoms with Gasteiger partial charge in [0.05, 0.1) is 0 Å². The molecule has 0 bridgehead atoms. The first-order valence-corrected chi connectivity index (χ1v) is 6.55. The number of carbonyl (C=O) groups excluding carboxylic acids is 1. The first kappa shape index (κ1) is 16.2. The molecule has 0 atom stereocenters. The molecule has 0 radical (unpaired) electrons. The minimum atomic E-state index is -0.290. The lowest BCUT2D eigenvalue weighted by Gasteiger charge is -2.24. The molecule has 1 aromatic rings. The summed E-state index contributed by atoms with van der Waals surface area (Å²) in [5, 5.41) is 2.75. The third-order valence-corrected chi connectivity index (χ3v) is 2.76. The lowest BCUT2D eigenvalue weighted by atomic mass is 10.2. The number of rotatable bonds is 7. The molecule has 0 fully saturated rings. The zero-order valence-electron chi connectivity index (χ0n) is 12.1. The number of amides is 2. The normalized spacial score (nSPS) is 10.4. The molecule has 5 heteroatoms. The summed E-state index contributed by atoms with van der Waals surface area (Å²) in [5.74, 6) is -0.290. The fourth-order valence-electron chi connectivity index (χ4n) is 1.70. The molecule has 0 aliphatic rings. The van der Waals surface area contributed by atoms with Crippen LogP contribution in [0.4, 0.5) is 9.18 Å². The number of halogens is 1. The van der Waals surface area contributed by atoms with Crippen LogP contribution >= 0.6 is 0 Å². The maximum Gasteiger partial charge on any atom is 0.317 e. The van der Waals surface area contributed by atoms with Crippen LogP contribution in [0.2, 0.25) is 0 Å². The first-order chi connectivity index (χ1) is 9.52. The summed E-state index contributed by atoms with van der Waals surface area (Å²) in [5.41, 5.74) is 0.775. The van der Waals surface area contributed by atoms with E-state index in [-0.39, 0.29) is 11.8 Å². The van der Waals surface area contributed by atoms with Gasteiger partial charge in [-0.1, -0.05) is 18.2 Å². The molecule has 20 heavy (non-hydrogen) atoms. The summed E-state index contributed by atoms with van der Waals surface area (Å²) in [6.45, 7) is 5.69. The second kappa shape index (κ2) is 8.32. The fraction of sp³-hybridized carbons (Fsp3) is 0.400. The van der Waals surface area contributed by atoms with E-state index in [2.05, 4.69) is 11.9 Å². The number of hydrogen-bond acceptors (Lipinski definition) is 2. The Kier molecular flexibility index (Phi) is 6.73. The molecule has 2 amide bonds. The average Bonchev–Trinajstić information content (AvgIpc) is 2.40. The molecule has 110 valence electrons. The van der Waals surface area contributed by atoms with E-state index in [1.54, 1.807) is 17.0 Å². The second-order valence-corrected chi connectivity index (χ2v) is 4.83. The lowest BCUT2D eigenvalue weighted by molar-refractivity contribution is 0.190. The van der Waals surface area contributed by atoms with E-state index in [1.807, 2.05) is 25.1 Å². The number of nitrogens with one attached hydrogen (secondary N) is 1. The fourth-order valence-corrected chi connectivity index (χ4v) is 1.70. The van der Waals surface area contributed by atoms with Crippen LogP contribution in [0.5, 0.6) is 0 Å². The van der Waals surface area contributed by atoms with Crippen LogP contribution in [0.25, 0.3) is 0 Å². The molecule has 0 aliphatic heterocycles. The Labute approximate surface area is 119 Å². The van der Waals surface area contributed by atoms with Gasteiger partial charge < -0.3 is 15.1 Å². The number of urea groups is 1. The van der Waals surface area contributed by atoms with Gasteiger partial charge in [0.25, 0.3) is 0 Å². The van der Waals surface area contributed by atoms with E-state index < -0.39 is 0 Å². The number of nitrogens with zero attached hydrogens (tertiary/aromatic N) is 2. The summed E-state index contributed by atoms with van der Waals surface area (Å²) in [7, 11) is 3.89. The second-order valence-electron chi connectivity index (χ2n) is 4.83. The van der Waals surface area contributed by atoms with Gasteiger partial charge in [-0.05, 0) is 31.8 Å². The van der Waals surface area contributed by atoms with Crippen molar-refractivity contribution in [3.8, 4) is 0 Å². The number of likely N-dealkylation sites (N-methyl/N-ethyl adjacent to an activating group) is 1. The monoisotopic (exact) mass is 279 g/mol. The minimum Gasteiger partial charge on any atom is -0.335 e. The van der Waals surface area contributed by atoms with Crippen LogP contribution < -0.4 is 5.32 Å². The van der Waals surface area contributed by atoms with Crippen molar-refractivity contribution in [3.05, 3.63) is 48.3 Å². The number of carbonyl (C=O) groups is 1. The van der Waals surface area contributed by atoms with Gasteiger partial charge in [-0.3, -0.25) is 0 Å². The standard InChI is InChI=1S/C15H22FN3O/c1-4-8-17-15(20)19(10-9-18(2)3)12-13-6-5-7-14(16)11-13/h4-7,11H,1,8-10,12H2,2-3H3,(H,17,20). The highest BCUT2D eigenvalue weighted by Gasteiger charge is 2.13. The molecule has 0 saturated heterocycles. The first-order valence-electron chi connectivity index (χ1n) is 6.55. The van der Waals surface area contributed by atoms with E-state index in [0.717, 1.165) is 12.1 Å². The van der Waals surface area contributed by atoms with Crippen molar-refractivity contribution in [1.82, 2.24) is 15.1 Å². The topological polar surface area (TPSA) is 35.6 Å². The van der Waals surface area contributed by atoms with E-state index in [0.29, 0.717) is 19.6 Å². The van der Waals surface area contributed by atoms with Crippen LogP contribution in [-0.4, -0.2) is 49.6 Å². The van der Waals surface area contributed by atoms with Gasteiger partial charge in [0.2, 0.25) is 0 Å². The highest BCUT2D eigenvalue weighted by atomic mass is 19.1. The van der Waals surface area contributed by atoms with Crippen LogP contribution in [0.1, 0.15) is 5.56 Å². The Morgan fingerprint density at radius 1 is 1.40 bits per heavy atom. The van der Waals surface area contributed by atoms with Crippen molar-refractivity contribution in [1.29, 1.82) is 0 Å². The van der Waals surface area contributed by atoms with Gasteiger partial charge in [0, 0.05) is 26.2 Å². The van der Waals surface area contributed by atoms with Crippen molar-refractivity contribution in [2.24, 2.45) is 0 Å². The van der Waals surface area contributed by atoms with E-state index in [4.69, 9.17) is 0 Å². The Morgan fingerprint density at radius 2 is 2.15 bits per heavy atom. The maximum atomic E-state index is 13.2. The van der Waals surface area contributed by atoms with Crippen LogP contribution in [0, 0.1) is 5.82 Å². The third kappa shape index (κ3) is 5.84. The SMILES string of the molecule is C=CCNC(=O)N(CCN(C)C)Cc1cccc(F)c1. The Morgan fingerprint density at radius 3 is 2.75 bits per heavy atom. The molecule has 0 spiro atoms. The highest BCUT2D eigenvalue weighted by molar-refractivity contribution is 5.74. The Balaban J connectivity index is 2.70. The van der Waals surface area contributed by atoms with E-state index in [9.17, 15) is 9.18 Å². The van der Waals surface area contributed by atoms with Gasteiger partial charge in [0.1, 0.15) is 5.82 Å². The zero-order valence-corrected chi connectivity index (χ0v) is 12.1. The lowest BCUT2D eigenvalue weighted by Crippen LogP contribution is -2.42. The van der Waals surface area contributed by atoms with Gasteiger partial charge in [-0.2, -0.15) is 0 Å². The summed E-state index contributed by atoms with van der Waals surface area (Å²) < 4.78 is 13.2. The van der Waals surface area contributed by atoms with Crippen LogP contribution in [-0.2, 0) is 6.54 Å². The van der Waals surface area contributed by atoms with Gasteiger partial charge in [0.15, 0.2) is 0 Å². The molecule has 0 saturated carbocycles. The molecule has 4 nitrogen and oxygen atoms in total. The van der Waals surface area contributed by atoms with Crippen molar-refractivity contribution < 1.29 is 9.18 Å². The third-order valence-electron chi connectivity index (χ3n) is 2.76. The highest BCUT2D eigenvalue weighted by Crippen LogP contribution is 2.07. The average molecular weight is 279 g/mol. The minimum absolute atomic E-state index is 0.170. The molecule has 0 heterocycles. The molecule has 1 aromatic carbocycles. The maximum absolute atomic E-state index is 13.2. The number of benzene rings is 1. The predicted octanol–water partition coefficient (Wildman–Crippen LogP) is 2.08. The van der Waals surface area contributed by atoms with Crippen molar-refractivity contribution in [3.63, 3.8) is 0 Å².